The van der Waals surface area contributed by atoms with Crippen molar-refractivity contribution in [1.29, 1.82) is 0 Å². The number of para-hydroxylation sites is 1. The summed E-state index contributed by atoms with van der Waals surface area (Å²) in [6.07, 6.45) is 2.34. The lowest BCUT2D eigenvalue weighted by molar-refractivity contribution is -0.141. The van der Waals surface area contributed by atoms with Crippen molar-refractivity contribution in [3.8, 4) is 5.75 Å². The molecular weight excluding hydrogens is 282 g/mol. The second-order valence-electron chi connectivity index (χ2n) is 5.78. The van der Waals surface area contributed by atoms with Crippen molar-refractivity contribution in [3.63, 3.8) is 0 Å². The summed E-state index contributed by atoms with van der Waals surface area (Å²) in [6, 6.07) is 9.36. The SMILES string of the molecule is CC(CCOc1ccccc1)C(=O)N1CCCC1CC(=O)O. The van der Waals surface area contributed by atoms with Gasteiger partial charge in [0.1, 0.15) is 5.75 Å². The minimum absolute atomic E-state index is 0.0407. The van der Waals surface area contributed by atoms with E-state index in [2.05, 4.69) is 0 Å². The molecule has 5 nitrogen and oxygen atoms in total. The molecule has 1 fully saturated rings. The molecule has 1 amide bonds. The molecule has 2 rings (SSSR count). The van der Waals surface area contributed by atoms with Crippen LogP contribution in [-0.4, -0.2) is 41.1 Å². The first-order valence-electron chi connectivity index (χ1n) is 7.78. The molecule has 0 radical (unpaired) electrons. The Labute approximate surface area is 130 Å². The number of rotatable bonds is 7. The maximum absolute atomic E-state index is 12.5. The highest BCUT2D eigenvalue weighted by atomic mass is 16.5. The molecule has 1 aliphatic heterocycles. The first-order valence-corrected chi connectivity index (χ1v) is 7.78. The number of carbonyl (C=O) groups excluding carboxylic acids is 1. The normalized spacial score (nSPS) is 19.0. The zero-order valence-corrected chi connectivity index (χ0v) is 12.9. The van der Waals surface area contributed by atoms with E-state index in [0.29, 0.717) is 19.6 Å². The van der Waals surface area contributed by atoms with E-state index < -0.39 is 5.97 Å². The highest BCUT2D eigenvalue weighted by Crippen LogP contribution is 2.23. The van der Waals surface area contributed by atoms with E-state index in [4.69, 9.17) is 9.84 Å². The molecule has 2 atom stereocenters. The molecular formula is C17H23NO4. The monoisotopic (exact) mass is 305 g/mol. The van der Waals surface area contributed by atoms with E-state index in [-0.39, 0.29) is 24.3 Å². The number of likely N-dealkylation sites (tertiary alicyclic amines) is 1. The van der Waals surface area contributed by atoms with Gasteiger partial charge in [-0.25, -0.2) is 0 Å². The van der Waals surface area contributed by atoms with Crippen LogP contribution in [0.25, 0.3) is 0 Å². The van der Waals surface area contributed by atoms with E-state index in [1.54, 1.807) is 4.90 Å². The zero-order valence-electron chi connectivity index (χ0n) is 12.9. The summed E-state index contributed by atoms with van der Waals surface area (Å²) in [5.41, 5.74) is 0. The average Bonchev–Trinajstić information content (AvgIpc) is 2.94. The first-order chi connectivity index (χ1) is 10.6. The summed E-state index contributed by atoms with van der Waals surface area (Å²) in [5, 5.41) is 8.92. The van der Waals surface area contributed by atoms with E-state index in [9.17, 15) is 9.59 Å². The lowest BCUT2D eigenvalue weighted by atomic mass is 10.1. The van der Waals surface area contributed by atoms with Crippen LogP contribution in [0.3, 0.4) is 0 Å². The van der Waals surface area contributed by atoms with Crippen molar-refractivity contribution in [2.45, 2.75) is 38.6 Å². The Morgan fingerprint density at radius 1 is 1.36 bits per heavy atom. The largest absolute Gasteiger partial charge is 0.494 e. The van der Waals surface area contributed by atoms with Crippen LogP contribution in [0.2, 0.25) is 0 Å². The zero-order chi connectivity index (χ0) is 15.9. The number of carboxylic acid groups (broad SMARTS) is 1. The Morgan fingerprint density at radius 2 is 2.09 bits per heavy atom. The summed E-state index contributed by atoms with van der Waals surface area (Å²) < 4.78 is 5.62. The van der Waals surface area contributed by atoms with E-state index in [0.717, 1.165) is 18.6 Å². The molecule has 1 N–H and O–H groups in total. The minimum Gasteiger partial charge on any atom is -0.494 e. The fourth-order valence-electron chi connectivity index (χ4n) is 2.82. The van der Waals surface area contributed by atoms with Crippen LogP contribution in [0.15, 0.2) is 30.3 Å². The van der Waals surface area contributed by atoms with Gasteiger partial charge in [0.25, 0.3) is 0 Å². The Kier molecular flexibility index (Phi) is 5.81. The van der Waals surface area contributed by atoms with Gasteiger partial charge in [0.05, 0.1) is 13.0 Å². The number of ether oxygens (including phenoxy) is 1. The summed E-state index contributed by atoms with van der Waals surface area (Å²) in [5.74, 6) is -0.157. The highest BCUT2D eigenvalue weighted by Gasteiger charge is 2.32. The molecule has 1 heterocycles. The topological polar surface area (TPSA) is 66.8 Å². The fraction of sp³-hybridized carbons (Fsp3) is 0.529. The quantitative estimate of drug-likeness (QED) is 0.840. The third-order valence-electron chi connectivity index (χ3n) is 4.05. The van der Waals surface area contributed by atoms with Gasteiger partial charge in [-0.15, -0.1) is 0 Å². The van der Waals surface area contributed by atoms with Gasteiger partial charge in [0.15, 0.2) is 0 Å². The van der Waals surface area contributed by atoms with Crippen LogP contribution in [0.5, 0.6) is 5.75 Å². The van der Waals surface area contributed by atoms with Crippen LogP contribution in [0.4, 0.5) is 0 Å². The molecule has 0 aromatic heterocycles. The van der Waals surface area contributed by atoms with Crippen LogP contribution in [0.1, 0.15) is 32.6 Å². The second kappa shape index (κ2) is 7.82. The second-order valence-corrected chi connectivity index (χ2v) is 5.78. The summed E-state index contributed by atoms with van der Waals surface area (Å²) in [7, 11) is 0. The molecule has 1 aromatic rings. The van der Waals surface area contributed by atoms with Crippen LogP contribution in [-0.2, 0) is 9.59 Å². The fourth-order valence-corrected chi connectivity index (χ4v) is 2.82. The van der Waals surface area contributed by atoms with Gasteiger partial charge in [0.2, 0.25) is 5.91 Å². The molecule has 1 aliphatic rings. The Hall–Kier alpha value is -2.04. The smallest absolute Gasteiger partial charge is 0.305 e. The number of aliphatic carboxylic acids is 1. The van der Waals surface area contributed by atoms with Gasteiger partial charge in [-0.3, -0.25) is 9.59 Å². The highest BCUT2D eigenvalue weighted by molar-refractivity contribution is 5.80. The third kappa shape index (κ3) is 4.48. The van der Waals surface area contributed by atoms with Crippen molar-refractivity contribution in [2.24, 2.45) is 5.92 Å². The molecule has 0 aliphatic carbocycles. The van der Waals surface area contributed by atoms with Crippen LogP contribution in [0, 0.1) is 5.92 Å². The van der Waals surface area contributed by atoms with Crippen molar-refractivity contribution in [2.75, 3.05) is 13.2 Å². The lowest BCUT2D eigenvalue weighted by Crippen LogP contribution is -2.40. The third-order valence-corrected chi connectivity index (χ3v) is 4.05. The molecule has 1 aromatic carbocycles. The Bertz CT molecular complexity index is 503. The van der Waals surface area contributed by atoms with Crippen molar-refractivity contribution >= 4 is 11.9 Å². The van der Waals surface area contributed by atoms with Gasteiger partial charge in [-0.2, -0.15) is 0 Å². The summed E-state index contributed by atoms with van der Waals surface area (Å²) in [4.78, 5) is 25.1. The van der Waals surface area contributed by atoms with Gasteiger partial charge >= 0.3 is 5.97 Å². The number of hydrogen-bond acceptors (Lipinski definition) is 3. The molecule has 1 saturated heterocycles. The molecule has 0 saturated carbocycles. The van der Waals surface area contributed by atoms with Crippen molar-refractivity contribution < 1.29 is 19.4 Å². The molecule has 22 heavy (non-hydrogen) atoms. The predicted octanol–water partition coefficient (Wildman–Crippen LogP) is 2.56. The standard InChI is InChI=1S/C17H23NO4/c1-13(9-11-22-15-7-3-2-4-8-15)17(21)18-10-5-6-14(18)12-16(19)20/h2-4,7-8,13-14H,5-6,9-12H2,1H3,(H,19,20). The van der Waals surface area contributed by atoms with Crippen LogP contribution < -0.4 is 4.74 Å². The predicted molar refractivity (Wildman–Crippen MR) is 82.7 cm³/mol. The Balaban J connectivity index is 1.80. The number of hydrogen-bond donors (Lipinski definition) is 1. The van der Waals surface area contributed by atoms with E-state index in [1.807, 2.05) is 37.3 Å². The number of amides is 1. The van der Waals surface area contributed by atoms with Gasteiger partial charge in [0, 0.05) is 18.5 Å². The summed E-state index contributed by atoms with van der Waals surface area (Å²) >= 11 is 0. The number of carbonyl (C=O) groups is 2. The maximum atomic E-state index is 12.5. The summed E-state index contributed by atoms with van der Waals surface area (Å²) in [6.45, 7) is 3.03. The maximum Gasteiger partial charge on any atom is 0.305 e. The molecule has 0 bridgehead atoms. The molecule has 2 unspecified atom stereocenters. The van der Waals surface area contributed by atoms with Gasteiger partial charge in [-0.1, -0.05) is 25.1 Å². The number of benzene rings is 1. The van der Waals surface area contributed by atoms with Crippen LogP contribution >= 0.6 is 0 Å². The van der Waals surface area contributed by atoms with Gasteiger partial charge in [-0.05, 0) is 31.4 Å². The Morgan fingerprint density at radius 3 is 2.77 bits per heavy atom. The van der Waals surface area contributed by atoms with E-state index in [1.165, 1.54) is 0 Å². The molecule has 5 heteroatoms. The lowest BCUT2D eigenvalue weighted by Gasteiger charge is -2.26. The molecule has 0 spiro atoms. The van der Waals surface area contributed by atoms with Gasteiger partial charge < -0.3 is 14.7 Å². The minimum atomic E-state index is -0.843. The number of nitrogens with zero attached hydrogens (tertiary/aromatic N) is 1. The molecule has 120 valence electrons. The van der Waals surface area contributed by atoms with Crippen molar-refractivity contribution in [3.05, 3.63) is 30.3 Å². The first kappa shape index (κ1) is 16.3. The average molecular weight is 305 g/mol. The van der Waals surface area contributed by atoms with E-state index >= 15 is 0 Å². The number of carboxylic acids is 1. The van der Waals surface area contributed by atoms with Crippen molar-refractivity contribution in [1.82, 2.24) is 4.90 Å².